The van der Waals surface area contributed by atoms with E-state index in [0.29, 0.717) is 5.69 Å². The fourth-order valence-electron chi connectivity index (χ4n) is 1.89. The summed E-state index contributed by atoms with van der Waals surface area (Å²) in [6.45, 7) is 3.86. The van der Waals surface area contributed by atoms with Gasteiger partial charge in [0.25, 0.3) is 5.69 Å². The Hall–Kier alpha value is -3.07. The number of non-ortho nitro benzene ring substituents is 1. The number of hydrogen-bond donors (Lipinski definition) is 0. The summed E-state index contributed by atoms with van der Waals surface area (Å²) in [5.74, 6) is -0.497. The van der Waals surface area contributed by atoms with Gasteiger partial charge in [-0.3, -0.25) is 10.1 Å². The number of nitrogens with zero attached hydrogens (tertiary/aromatic N) is 4. The summed E-state index contributed by atoms with van der Waals surface area (Å²) in [6.07, 6.45) is 0. The van der Waals surface area contributed by atoms with E-state index in [1.165, 1.54) is 24.3 Å². The van der Waals surface area contributed by atoms with Gasteiger partial charge in [0.15, 0.2) is 0 Å². The lowest BCUT2D eigenvalue weighted by atomic mass is 9.94. The molecular weight excluding hydrogens is 280 g/mol. The molecule has 2 unspecified atom stereocenters. The number of rotatable bonds is 5. The van der Waals surface area contributed by atoms with Gasteiger partial charge in [-0.05, 0) is 24.6 Å². The first kappa shape index (κ1) is 15.3. The topological polar surface area (TPSA) is 91.7 Å². The Morgan fingerprint density at radius 1 is 1.14 bits per heavy atom. The average molecular weight is 293 g/mol. The monoisotopic (exact) mass is 293 g/mol. The maximum absolute atomic E-state index is 10.6. The highest BCUT2D eigenvalue weighted by molar-refractivity contribution is 5.43. The Labute approximate surface area is 127 Å². The Balaban J connectivity index is 2.11. The molecule has 6 heteroatoms. The van der Waals surface area contributed by atoms with Crippen molar-refractivity contribution in [2.24, 2.45) is 10.2 Å². The van der Waals surface area contributed by atoms with Crippen LogP contribution in [-0.2, 0) is 0 Å². The molecule has 0 bridgehead atoms. The molecule has 0 spiro atoms. The van der Waals surface area contributed by atoms with E-state index in [1.54, 1.807) is 0 Å². The fraction of sp³-hybridized carbons (Fsp3) is 0.125. The van der Waals surface area contributed by atoms with Gasteiger partial charge in [0, 0.05) is 12.1 Å². The highest BCUT2D eigenvalue weighted by Gasteiger charge is 2.18. The van der Waals surface area contributed by atoms with Crippen LogP contribution < -0.4 is 0 Å². The molecule has 0 aromatic heterocycles. The van der Waals surface area contributed by atoms with E-state index in [2.05, 4.69) is 23.2 Å². The summed E-state index contributed by atoms with van der Waals surface area (Å²) >= 11 is 0. The molecule has 0 saturated carbocycles. The molecule has 0 aliphatic heterocycles. The Bertz CT molecular complexity index is 705. The van der Waals surface area contributed by atoms with Crippen LogP contribution in [0, 0.1) is 28.4 Å². The van der Waals surface area contributed by atoms with Crippen LogP contribution in [-0.4, -0.2) is 11.0 Å². The minimum atomic E-state index is -0.567. The number of azo groups is 1. The average Bonchev–Trinajstić information content (AvgIpc) is 2.55. The van der Waals surface area contributed by atoms with Crippen molar-refractivity contribution in [3.05, 3.63) is 77.2 Å². The maximum atomic E-state index is 10.6. The normalized spacial score (nSPS) is 13.5. The van der Waals surface area contributed by atoms with Gasteiger partial charge in [-0.1, -0.05) is 30.3 Å². The van der Waals surface area contributed by atoms with E-state index in [4.69, 9.17) is 0 Å². The van der Waals surface area contributed by atoms with Crippen LogP contribution in [0.4, 0.5) is 11.4 Å². The molecule has 0 heterocycles. The molecule has 1 radical (unpaired) electrons. The molecule has 0 N–H and O–H groups in total. The Morgan fingerprint density at radius 2 is 1.77 bits per heavy atom. The summed E-state index contributed by atoms with van der Waals surface area (Å²) in [5.41, 5.74) is 1.29. The summed E-state index contributed by atoms with van der Waals surface area (Å²) in [5, 5.41) is 27.9. The van der Waals surface area contributed by atoms with Crippen LogP contribution in [0.1, 0.15) is 11.5 Å². The van der Waals surface area contributed by atoms with E-state index in [9.17, 15) is 15.4 Å². The fourth-order valence-corrected chi connectivity index (χ4v) is 1.89. The molecule has 2 aromatic rings. The second-order valence-corrected chi connectivity index (χ2v) is 4.57. The molecule has 109 valence electrons. The predicted octanol–water partition coefficient (Wildman–Crippen LogP) is 4.19. The molecular formula is C16H13N4O2. The minimum Gasteiger partial charge on any atom is -0.258 e. The molecule has 0 saturated heterocycles. The van der Waals surface area contributed by atoms with Gasteiger partial charge in [-0.2, -0.15) is 15.5 Å². The van der Waals surface area contributed by atoms with Gasteiger partial charge in [0.2, 0.25) is 0 Å². The molecule has 6 nitrogen and oxygen atoms in total. The maximum Gasteiger partial charge on any atom is 0.269 e. The van der Waals surface area contributed by atoms with Gasteiger partial charge < -0.3 is 0 Å². The van der Waals surface area contributed by atoms with Crippen LogP contribution in [0.3, 0.4) is 0 Å². The first-order valence-corrected chi connectivity index (χ1v) is 6.55. The van der Waals surface area contributed by atoms with Crippen LogP contribution in [0.15, 0.2) is 64.8 Å². The molecule has 22 heavy (non-hydrogen) atoms. The molecule has 2 atom stereocenters. The molecule has 0 fully saturated rings. The van der Waals surface area contributed by atoms with Crippen molar-refractivity contribution in [2.75, 3.05) is 0 Å². The summed E-state index contributed by atoms with van der Waals surface area (Å²) in [7, 11) is 0. The van der Waals surface area contributed by atoms with Gasteiger partial charge in [0.05, 0.1) is 28.6 Å². The highest BCUT2D eigenvalue weighted by Crippen LogP contribution is 2.23. The standard InChI is InChI=1S/C16H13N4O2/c1-12(16(11-17)13-5-3-2-4-6-13)18-19-14-7-9-15(10-8-14)20(21)22/h2-10,12,16H,1H2. The quantitative estimate of drug-likeness (QED) is 0.470. The van der Waals surface area contributed by atoms with Gasteiger partial charge in [0.1, 0.15) is 0 Å². The number of nitro groups is 1. The van der Waals surface area contributed by atoms with Gasteiger partial charge in [-0.15, -0.1) is 0 Å². The first-order chi connectivity index (χ1) is 10.6. The van der Waals surface area contributed by atoms with Crippen molar-refractivity contribution in [3.8, 4) is 6.07 Å². The predicted molar refractivity (Wildman–Crippen MR) is 81.6 cm³/mol. The SMILES string of the molecule is [CH2]C(N=Nc1ccc([N+](=O)[O-])cc1)C(C#N)c1ccccc1. The van der Waals surface area contributed by atoms with Crippen molar-refractivity contribution < 1.29 is 4.92 Å². The van der Waals surface area contributed by atoms with E-state index in [-0.39, 0.29) is 5.69 Å². The second-order valence-electron chi connectivity index (χ2n) is 4.57. The molecule has 2 rings (SSSR count). The Morgan fingerprint density at radius 3 is 2.32 bits per heavy atom. The lowest BCUT2D eigenvalue weighted by molar-refractivity contribution is -0.384. The van der Waals surface area contributed by atoms with Crippen LogP contribution in [0.5, 0.6) is 0 Å². The minimum absolute atomic E-state index is 0.00990. The van der Waals surface area contributed by atoms with Gasteiger partial charge >= 0.3 is 0 Å². The zero-order valence-corrected chi connectivity index (χ0v) is 11.7. The number of nitriles is 1. The third kappa shape index (κ3) is 3.73. The first-order valence-electron chi connectivity index (χ1n) is 6.55. The lowest BCUT2D eigenvalue weighted by Crippen LogP contribution is -2.11. The summed E-state index contributed by atoms with van der Waals surface area (Å²) < 4.78 is 0. The zero-order chi connectivity index (χ0) is 15.9. The van der Waals surface area contributed by atoms with Crippen LogP contribution in [0.25, 0.3) is 0 Å². The number of nitro benzene ring substituents is 1. The molecule has 0 amide bonds. The van der Waals surface area contributed by atoms with Crippen molar-refractivity contribution >= 4 is 11.4 Å². The van der Waals surface area contributed by atoms with E-state index < -0.39 is 16.9 Å². The molecule has 2 aromatic carbocycles. The highest BCUT2D eigenvalue weighted by atomic mass is 16.6. The third-order valence-electron chi connectivity index (χ3n) is 3.06. The smallest absolute Gasteiger partial charge is 0.258 e. The van der Waals surface area contributed by atoms with Crippen LogP contribution >= 0.6 is 0 Å². The number of hydrogen-bond acceptors (Lipinski definition) is 5. The van der Waals surface area contributed by atoms with E-state index in [0.717, 1.165) is 5.56 Å². The zero-order valence-electron chi connectivity index (χ0n) is 11.7. The third-order valence-corrected chi connectivity index (χ3v) is 3.06. The number of benzene rings is 2. The largest absolute Gasteiger partial charge is 0.269 e. The van der Waals surface area contributed by atoms with Crippen LogP contribution in [0.2, 0.25) is 0 Å². The lowest BCUT2D eigenvalue weighted by Gasteiger charge is -2.12. The van der Waals surface area contributed by atoms with Gasteiger partial charge in [-0.25, -0.2) is 0 Å². The van der Waals surface area contributed by atoms with Crippen molar-refractivity contribution in [1.82, 2.24) is 0 Å². The van der Waals surface area contributed by atoms with Crippen molar-refractivity contribution in [3.63, 3.8) is 0 Å². The molecule has 0 aliphatic carbocycles. The van der Waals surface area contributed by atoms with E-state index >= 15 is 0 Å². The summed E-state index contributed by atoms with van der Waals surface area (Å²) in [4.78, 5) is 10.1. The van der Waals surface area contributed by atoms with Crippen molar-refractivity contribution in [2.45, 2.75) is 12.0 Å². The summed E-state index contributed by atoms with van der Waals surface area (Å²) in [6, 6.07) is 16.6. The van der Waals surface area contributed by atoms with Crippen molar-refractivity contribution in [1.29, 1.82) is 5.26 Å². The molecule has 0 aliphatic rings. The Kier molecular flexibility index (Phi) is 4.94. The second kappa shape index (κ2) is 7.09. The van der Waals surface area contributed by atoms with E-state index in [1.807, 2.05) is 30.3 Å².